The number of methoxy groups -OCH3 is 1. The van der Waals surface area contributed by atoms with Crippen LogP contribution in [0.15, 0.2) is 84.9 Å². The summed E-state index contributed by atoms with van der Waals surface area (Å²) in [6, 6.07) is 26.9. The average molecular weight is 599 g/mol. The molecule has 44 heavy (non-hydrogen) atoms. The Balaban J connectivity index is 1.20. The van der Waals surface area contributed by atoms with Crippen molar-refractivity contribution in [1.29, 1.82) is 0 Å². The topological polar surface area (TPSA) is 100 Å². The number of ether oxygens (including phenoxy) is 2. The van der Waals surface area contributed by atoms with Gasteiger partial charge in [0.1, 0.15) is 23.9 Å². The van der Waals surface area contributed by atoms with Crippen molar-refractivity contribution < 1.29 is 23.9 Å². The predicted molar refractivity (Wildman–Crippen MR) is 168 cm³/mol. The van der Waals surface area contributed by atoms with E-state index in [4.69, 9.17) is 9.47 Å². The second kappa shape index (κ2) is 14.9. The van der Waals surface area contributed by atoms with Gasteiger partial charge in [-0.1, -0.05) is 72.8 Å². The van der Waals surface area contributed by atoms with Crippen molar-refractivity contribution >= 4 is 17.9 Å². The highest BCUT2D eigenvalue weighted by Gasteiger charge is 2.53. The summed E-state index contributed by atoms with van der Waals surface area (Å²) in [6.45, 7) is 3.24. The summed E-state index contributed by atoms with van der Waals surface area (Å²) in [4.78, 5) is 44.2. The molecule has 2 saturated heterocycles. The average Bonchev–Trinajstić information content (AvgIpc) is 3.07. The zero-order chi connectivity index (χ0) is 30.8. The van der Waals surface area contributed by atoms with Crippen LogP contribution >= 0.6 is 0 Å². The normalized spacial score (nSPS) is 18.1. The molecule has 5 rings (SSSR count). The number of carbonyl (C=O) groups excluding carboxylic acids is 3. The summed E-state index contributed by atoms with van der Waals surface area (Å²) in [6.07, 6.45) is 2.52. The Labute approximate surface area is 259 Å². The second-order valence-electron chi connectivity index (χ2n) is 11.5. The number of carbonyl (C=O) groups is 3. The maximum absolute atomic E-state index is 14.0. The van der Waals surface area contributed by atoms with Gasteiger partial charge in [-0.2, -0.15) is 0 Å². The Hall–Kier alpha value is -4.37. The van der Waals surface area contributed by atoms with Gasteiger partial charge in [-0.3, -0.25) is 9.59 Å². The molecule has 2 N–H and O–H groups in total. The van der Waals surface area contributed by atoms with Crippen LogP contribution < -0.4 is 15.4 Å². The Bertz CT molecular complexity index is 1390. The van der Waals surface area contributed by atoms with Gasteiger partial charge in [0.05, 0.1) is 7.11 Å². The number of likely N-dealkylation sites (tertiary alicyclic amines) is 1. The van der Waals surface area contributed by atoms with E-state index >= 15 is 0 Å². The van der Waals surface area contributed by atoms with Gasteiger partial charge in [-0.25, -0.2) is 4.79 Å². The third kappa shape index (κ3) is 7.77. The van der Waals surface area contributed by atoms with E-state index in [-0.39, 0.29) is 18.4 Å². The van der Waals surface area contributed by atoms with Gasteiger partial charge in [0.25, 0.3) is 0 Å². The lowest BCUT2D eigenvalue weighted by Gasteiger charge is -2.51. The van der Waals surface area contributed by atoms with Crippen molar-refractivity contribution in [2.45, 2.75) is 56.8 Å². The number of rotatable bonds is 12. The molecule has 1 atom stereocenters. The zero-order valence-corrected chi connectivity index (χ0v) is 25.4. The standard InChI is InChI=1S/C35H42N4O5/c1-43-30-15-8-14-29(24-30)25-39-32(40)31(16-9-20-36-34(42)44-26-28-12-6-3-7-13-28)37-33(41)35(39)18-22-38(23-19-35)21-17-27-10-4-2-5-11-27/h2-8,10-15,24,31H,9,16-23,25-26H2,1H3,(H,36,42)(H,37,41)/t31-/m0/s1. The molecule has 232 valence electrons. The van der Waals surface area contributed by atoms with Gasteiger partial charge >= 0.3 is 6.09 Å². The minimum Gasteiger partial charge on any atom is -0.497 e. The lowest BCUT2D eigenvalue weighted by Crippen LogP contribution is -2.72. The molecule has 9 heteroatoms. The lowest BCUT2D eigenvalue weighted by atomic mass is 9.81. The van der Waals surface area contributed by atoms with Crippen molar-refractivity contribution in [3.63, 3.8) is 0 Å². The number of hydrogen-bond acceptors (Lipinski definition) is 6. The van der Waals surface area contributed by atoms with Crippen LogP contribution in [0, 0.1) is 0 Å². The first kappa shape index (κ1) is 31.1. The van der Waals surface area contributed by atoms with E-state index in [0.29, 0.717) is 44.5 Å². The van der Waals surface area contributed by atoms with Crippen LogP contribution in [0.5, 0.6) is 5.75 Å². The first-order chi connectivity index (χ1) is 21.5. The van der Waals surface area contributed by atoms with Gasteiger partial charge in [0.2, 0.25) is 11.8 Å². The molecule has 0 aromatic heterocycles. The number of piperidine rings is 1. The highest BCUT2D eigenvalue weighted by atomic mass is 16.5. The van der Waals surface area contributed by atoms with E-state index in [0.717, 1.165) is 37.2 Å². The summed E-state index contributed by atoms with van der Waals surface area (Å²) in [5.41, 5.74) is 2.21. The number of piperazine rings is 1. The Morgan fingerprint density at radius 2 is 1.61 bits per heavy atom. The molecule has 1 spiro atoms. The second-order valence-corrected chi connectivity index (χ2v) is 11.5. The van der Waals surface area contributed by atoms with E-state index in [1.54, 1.807) is 12.0 Å². The van der Waals surface area contributed by atoms with E-state index in [1.807, 2.05) is 60.7 Å². The molecule has 2 fully saturated rings. The van der Waals surface area contributed by atoms with Gasteiger partial charge in [-0.05, 0) is 60.9 Å². The quantitative estimate of drug-likeness (QED) is 0.302. The molecule has 2 aliphatic heterocycles. The Kier molecular flexibility index (Phi) is 10.5. The number of amides is 3. The van der Waals surface area contributed by atoms with Crippen LogP contribution in [0.25, 0.3) is 0 Å². The third-order valence-electron chi connectivity index (χ3n) is 8.68. The van der Waals surface area contributed by atoms with Crippen molar-refractivity contribution in [3.05, 3.63) is 102 Å². The predicted octanol–water partition coefficient (Wildman–Crippen LogP) is 4.31. The van der Waals surface area contributed by atoms with Crippen LogP contribution in [-0.4, -0.2) is 72.6 Å². The number of nitrogens with one attached hydrogen (secondary N) is 2. The van der Waals surface area contributed by atoms with Gasteiger partial charge in [0, 0.05) is 32.7 Å². The van der Waals surface area contributed by atoms with Crippen LogP contribution in [0.1, 0.15) is 42.4 Å². The van der Waals surface area contributed by atoms with Gasteiger partial charge in [0.15, 0.2) is 0 Å². The molecule has 0 unspecified atom stereocenters. The molecule has 9 nitrogen and oxygen atoms in total. The first-order valence-electron chi connectivity index (χ1n) is 15.4. The smallest absolute Gasteiger partial charge is 0.407 e. The fourth-order valence-electron chi connectivity index (χ4n) is 6.10. The van der Waals surface area contributed by atoms with E-state index in [9.17, 15) is 14.4 Å². The highest BCUT2D eigenvalue weighted by molar-refractivity contribution is 6.00. The molecular weight excluding hydrogens is 556 g/mol. The molecule has 3 aromatic rings. The van der Waals surface area contributed by atoms with Crippen molar-refractivity contribution in [1.82, 2.24) is 20.4 Å². The Morgan fingerprint density at radius 1 is 0.932 bits per heavy atom. The van der Waals surface area contributed by atoms with Crippen LogP contribution in [-0.2, 0) is 33.9 Å². The molecule has 0 aliphatic carbocycles. The monoisotopic (exact) mass is 598 g/mol. The SMILES string of the molecule is COc1cccc(CN2C(=O)[C@H](CCCNC(=O)OCc3ccccc3)NC(=O)C23CCN(CCc2ccccc2)CC3)c1. The largest absolute Gasteiger partial charge is 0.497 e. The van der Waals surface area contributed by atoms with Crippen molar-refractivity contribution in [2.24, 2.45) is 0 Å². The molecule has 2 aliphatic rings. The van der Waals surface area contributed by atoms with Crippen molar-refractivity contribution in [3.8, 4) is 5.75 Å². The summed E-state index contributed by atoms with van der Waals surface area (Å²) in [5.74, 6) is 0.530. The molecule has 3 aromatic carbocycles. The summed E-state index contributed by atoms with van der Waals surface area (Å²) in [7, 11) is 1.62. The fourth-order valence-corrected chi connectivity index (χ4v) is 6.10. The van der Waals surface area contributed by atoms with Crippen LogP contribution in [0.3, 0.4) is 0 Å². The van der Waals surface area contributed by atoms with Crippen LogP contribution in [0.2, 0.25) is 0 Å². The first-order valence-corrected chi connectivity index (χ1v) is 15.4. The number of benzene rings is 3. The minimum atomic E-state index is -0.903. The lowest BCUT2D eigenvalue weighted by molar-refractivity contribution is -0.162. The van der Waals surface area contributed by atoms with E-state index in [2.05, 4.69) is 39.8 Å². The number of alkyl carbamates (subject to hydrolysis) is 1. The zero-order valence-electron chi connectivity index (χ0n) is 25.4. The van der Waals surface area contributed by atoms with E-state index in [1.165, 1.54) is 5.56 Å². The van der Waals surface area contributed by atoms with Gasteiger partial charge < -0.3 is 29.9 Å². The molecule has 0 saturated carbocycles. The molecule has 0 bridgehead atoms. The maximum Gasteiger partial charge on any atom is 0.407 e. The summed E-state index contributed by atoms with van der Waals surface area (Å²) in [5, 5.41) is 5.80. The minimum absolute atomic E-state index is 0.0863. The summed E-state index contributed by atoms with van der Waals surface area (Å²) >= 11 is 0. The number of nitrogens with zero attached hydrogens (tertiary/aromatic N) is 2. The molecule has 2 heterocycles. The molecule has 0 radical (unpaired) electrons. The highest BCUT2D eigenvalue weighted by Crippen LogP contribution is 2.35. The Morgan fingerprint density at radius 3 is 2.32 bits per heavy atom. The molecular formula is C35H42N4O5. The fraction of sp³-hybridized carbons (Fsp3) is 0.400. The number of hydrogen-bond donors (Lipinski definition) is 2. The third-order valence-corrected chi connectivity index (χ3v) is 8.68. The van der Waals surface area contributed by atoms with Gasteiger partial charge in [-0.15, -0.1) is 0 Å². The van der Waals surface area contributed by atoms with E-state index < -0.39 is 17.7 Å². The van der Waals surface area contributed by atoms with Crippen molar-refractivity contribution in [2.75, 3.05) is 33.3 Å². The maximum atomic E-state index is 14.0. The summed E-state index contributed by atoms with van der Waals surface area (Å²) < 4.78 is 10.7. The molecule has 3 amide bonds. The van der Waals surface area contributed by atoms with Crippen LogP contribution in [0.4, 0.5) is 4.79 Å².